The molecular weight excluding hydrogens is 278 g/mol. The van der Waals surface area contributed by atoms with Gasteiger partial charge in [0.15, 0.2) is 6.61 Å². The molecule has 0 atom stereocenters. The summed E-state index contributed by atoms with van der Waals surface area (Å²) in [6.07, 6.45) is 3.36. The Labute approximate surface area is 130 Å². The minimum atomic E-state index is -0.299. The van der Waals surface area contributed by atoms with Crippen LogP contribution in [-0.4, -0.2) is 23.2 Å². The van der Waals surface area contributed by atoms with Crippen LogP contribution in [0.1, 0.15) is 23.6 Å². The van der Waals surface area contributed by atoms with Crippen molar-refractivity contribution < 1.29 is 9.53 Å². The molecule has 0 aliphatic rings. The first-order valence-corrected chi connectivity index (χ1v) is 6.99. The maximum atomic E-state index is 11.8. The lowest BCUT2D eigenvalue weighted by Gasteiger charge is -2.07. The fourth-order valence-electron chi connectivity index (χ4n) is 2.00. The van der Waals surface area contributed by atoms with Crippen molar-refractivity contribution in [3.05, 3.63) is 59.4 Å². The van der Waals surface area contributed by atoms with E-state index >= 15 is 0 Å². The SMILES string of the molecule is C/C(=N/NC(=O)COc1cc(C)cc(C)c1)c1ccncc1. The van der Waals surface area contributed by atoms with Gasteiger partial charge < -0.3 is 4.74 Å². The zero-order valence-electron chi connectivity index (χ0n) is 13.0. The van der Waals surface area contributed by atoms with Crippen molar-refractivity contribution in [3.63, 3.8) is 0 Å². The van der Waals surface area contributed by atoms with Gasteiger partial charge in [-0.1, -0.05) is 6.07 Å². The molecule has 5 nitrogen and oxygen atoms in total. The molecular formula is C17H19N3O2. The summed E-state index contributed by atoms with van der Waals surface area (Å²) in [6, 6.07) is 9.50. The standard InChI is InChI=1S/C17H19N3O2/c1-12-8-13(2)10-16(9-12)22-11-17(21)20-19-14(3)15-4-6-18-7-5-15/h4-10H,11H2,1-3H3,(H,20,21)/b19-14-. The third-order valence-corrected chi connectivity index (χ3v) is 3.01. The molecule has 0 aliphatic heterocycles. The summed E-state index contributed by atoms with van der Waals surface area (Å²) in [6.45, 7) is 5.72. The molecule has 1 heterocycles. The van der Waals surface area contributed by atoms with Crippen LogP contribution in [0.5, 0.6) is 5.75 Å². The van der Waals surface area contributed by atoms with Crippen LogP contribution in [0.25, 0.3) is 0 Å². The van der Waals surface area contributed by atoms with Gasteiger partial charge in [0.1, 0.15) is 5.75 Å². The van der Waals surface area contributed by atoms with E-state index in [2.05, 4.69) is 21.6 Å². The number of carbonyl (C=O) groups excluding carboxylic acids is 1. The van der Waals surface area contributed by atoms with Gasteiger partial charge in [0.05, 0.1) is 5.71 Å². The number of hydrazone groups is 1. The van der Waals surface area contributed by atoms with Crippen molar-refractivity contribution in [2.75, 3.05) is 6.61 Å². The van der Waals surface area contributed by atoms with E-state index in [0.29, 0.717) is 11.5 Å². The molecule has 0 unspecified atom stereocenters. The maximum Gasteiger partial charge on any atom is 0.277 e. The highest BCUT2D eigenvalue weighted by Gasteiger charge is 2.04. The van der Waals surface area contributed by atoms with E-state index in [-0.39, 0.29) is 12.5 Å². The molecule has 1 N–H and O–H groups in total. The van der Waals surface area contributed by atoms with Gasteiger partial charge in [-0.15, -0.1) is 0 Å². The Morgan fingerprint density at radius 3 is 2.45 bits per heavy atom. The van der Waals surface area contributed by atoms with E-state index in [1.54, 1.807) is 12.4 Å². The minimum absolute atomic E-state index is 0.0734. The van der Waals surface area contributed by atoms with Crippen molar-refractivity contribution >= 4 is 11.6 Å². The predicted molar refractivity (Wildman–Crippen MR) is 86.0 cm³/mol. The third-order valence-electron chi connectivity index (χ3n) is 3.01. The number of hydrogen-bond donors (Lipinski definition) is 1. The van der Waals surface area contributed by atoms with Gasteiger partial charge in [0.2, 0.25) is 0 Å². The van der Waals surface area contributed by atoms with Gasteiger partial charge in [0.25, 0.3) is 5.91 Å². The number of hydrogen-bond acceptors (Lipinski definition) is 4. The Hall–Kier alpha value is -2.69. The van der Waals surface area contributed by atoms with E-state index in [0.717, 1.165) is 16.7 Å². The summed E-state index contributed by atoms with van der Waals surface area (Å²) in [5.41, 5.74) is 6.30. The van der Waals surface area contributed by atoms with Gasteiger partial charge in [0, 0.05) is 18.0 Å². The highest BCUT2D eigenvalue weighted by molar-refractivity contribution is 5.99. The molecule has 0 aliphatic carbocycles. The summed E-state index contributed by atoms with van der Waals surface area (Å²) < 4.78 is 5.48. The van der Waals surface area contributed by atoms with Gasteiger partial charge in [-0.2, -0.15) is 5.10 Å². The first-order chi connectivity index (χ1) is 10.5. The second-order valence-corrected chi connectivity index (χ2v) is 5.08. The summed E-state index contributed by atoms with van der Waals surface area (Å²) in [5.74, 6) is 0.384. The molecule has 0 bridgehead atoms. The zero-order valence-corrected chi connectivity index (χ0v) is 13.0. The highest BCUT2D eigenvalue weighted by Crippen LogP contribution is 2.15. The number of pyridine rings is 1. The molecule has 1 amide bonds. The summed E-state index contributed by atoms with van der Waals surface area (Å²) in [4.78, 5) is 15.7. The topological polar surface area (TPSA) is 63.6 Å². The van der Waals surface area contributed by atoms with Crippen molar-refractivity contribution in [2.45, 2.75) is 20.8 Å². The predicted octanol–water partition coefficient (Wildman–Crippen LogP) is 2.62. The van der Waals surface area contributed by atoms with Crippen LogP contribution in [0.3, 0.4) is 0 Å². The Morgan fingerprint density at radius 2 is 1.82 bits per heavy atom. The van der Waals surface area contributed by atoms with Crippen LogP contribution in [0.4, 0.5) is 0 Å². The van der Waals surface area contributed by atoms with Crippen molar-refractivity contribution in [2.24, 2.45) is 5.10 Å². The number of nitrogens with one attached hydrogen (secondary N) is 1. The number of benzene rings is 1. The Kier molecular flexibility index (Phi) is 5.25. The van der Waals surface area contributed by atoms with Gasteiger partial charge in [-0.25, -0.2) is 5.43 Å². The van der Waals surface area contributed by atoms with Crippen LogP contribution < -0.4 is 10.2 Å². The van der Waals surface area contributed by atoms with E-state index in [4.69, 9.17) is 4.74 Å². The number of ether oxygens (including phenoxy) is 1. The lowest BCUT2D eigenvalue weighted by Crippen LogP contribution is -2.25. The summed E-state index contributed by atoms with van der Waals surface area (Å²) in [5, 5.41) is 4.05. The number of amides is 1. The van der Waals surface area contributed by atoms with E-state index in [1.807, 2.05) is 45.0 Å². The molecule has 1 aromatic carbocycles. The molecule has 2 rings (SSSR count). The van der Waals surface area contributed by atoms with Crippen molar-refractivity contribution in [3.8, 4) is 5.75 Å². The normalized spacial score (nSPS) is 11.1. The second kappa shape index (κ2) is 7.36. The first kappa shape index (κ1) is 15.7. The monoisotopic (exact) mass is 297 g/mol. The molecule has 1 aromatic heterocycles. The molecule has 0 spiro atoms. The van der Waals surface area contributed by atoms with Crippen molar-refractivity contribution in [1.82, 2.24) is 10.4 Å². The van der Waals surface area contributed by atoms with Crippen LogP contribution in [-0.2, 0) is 4.79 Å². The molecule has 114 valence electrons. The van der Waals surface area contributed by atoms with Crippen LogP contribution in [0, 0.1) is 13.8 Å². The molecule has 2 aromatic rings. The van der Waals surface area contributed by atoms with Crippen LogP contribution >= 0.6 is 0 Å². The fourth-order valence-corrected chi connectivity index (χ4v) is 2.00. The third kappa shape index (κ3) is 4.70. The zero-order chi connectivity index (χ0) is 15.9. The molecule has 0 saturated carbocycles. The van der Waals surface area contributed by atoms with Crippen molar-refractivity contribution in [1.29, 1.82) is 0 Å². The average molecular weight is 297 g/mol. The van der Waals surface area contributed by atoms with Crippen LogP contribution in [0.15, 0.2) is 47.8 Å². The Morgan fingerprint density at radius 1 is 1.18 bits per heavy atom. The van der Waals surface area contributed by atoms with Gasteiger partial charge in [-0.05, 0) is 56.2 Å². The maximum absolute atomic E-state index is 11.8. The molecule has 0 fully saturated rings. The quantitative estimate of drug-likeness (QED) is 0.681. The lowest BCUT2D eigenvalue weighted by molar-refractivity contribution is -0.123. The first-order valence-electron chi connectivity index (χ1n) is 6.99. The van der Waals surface area contributed by atoms with Crippen LogP contribution in [0.2, 0.25) is 0 Å². The fraction of sp³-hybridized carbons (Fsp3) is 0.235. The Bertz CT molecular complexity index is 661. The smallest absolute Gasteiger partial charge is 0.277 e. The van der Waals surface area contributed by atoms with Gasteiger partial charge >= 0.3 is 0 Å². The number of carbonyl (C=O) groups is 1. The number of aryl methyl sites for hydroxylation is 2. The molecule has 5 heteroatoms. The largest absolute Gasteiger partial charge is 0.484 e. The number of nitrogens with zero attached hydrogens (tertiary/aromatic N) is 2. The molecule has 0 radical (unpaired) electrons. The average Bonchev–Trinajstić information content (AvgIpc) is 2.50. The molecule has 0 saturated heterocycles. The highest BCUT2D eigenvalue weighted by atomic mass is 16.5. The lowest BCUT2D eigenvalue weighted by atomic mass is 10.1. The second-order valence-electron chi connectivity index (χ2n) is 5.08. The van der Waals surface area contributed by atoms with E-state index in [9.17, 15) is 4.79 Å². The minimum Gasteiger partial charge on any atom is -0.484 e. The van der Waals surface area contributed by atoms with E-state index < -0.39 is 0 Å². The Balaban J connectivity index is 1.88. The molecule has 22 heavy (non-hydrogen) atoms. The van der Waals surface area contributed by atoms with E-state index in [1.165, 1.54) is 0 Å². The number of aromatic nitrogens is 1. The number of rotatable bonds is 5. The summed E-state index contributed by atoms with van der Waals surface area (Å²) >= 11 is 0. The summed E-state index contributed by atoms with van der Waals surface area (Å²) in [7, 11) is 0. The van der Waals surface area contributed by atoms with Gasteiger partial charge in [-0.3, -0.25) is 9.78 Å².